The molecular weight excluding hydrogens is 332 g/mol. The third-order valence-electron chi connectivity index (χ3n) is 4.27. The van der Waals surface area contributed by atoms with Crippen LogP contribution >= 0.6 is 0 Å². The summed E-state index contributed by atoms with van der Waals surface area (Å²) < 4.78 is 30.9. The van der Waals surface area contributed by atoms with Crippen molar-refractivity contribution in [3.05, 3.63) is 12.1 Å². The Bertz CT molecular complexity index is 811. The minimum atomic E-state index is -3.61. The summed E-state index contributed by atoms with van der Waals surface area (Å²) in [5.74, 6) is 0. The van der Waals surface area contributed by atoms with Gasteiger partial charge in [-0.1, -0.05) is 0 Å². The lowest BCUT2D eigenvalue weighted by Gasteiger charge is -2.35. The van der Waals surface area contributed by atoms with Crippen LogP contribution in [0.3, 0.4) is 0 Å². The van der Waals surface area contributed by atoms with Crippen molar-refractivity contribution >= 4 is 26.7 Å². The van der Waals surface area contributed by atoms with Gasteiger partial charge in [0.1, 0.15) is 4.90 Å². The van der Waals surface area contributed by atoms with Crippen LogP contribution < -0.4 is 10.6 Å². The number of hydrogen-bond donors (Lipinski definition) is 1. The Morgan fingerprint density at radius 1 is 1.17 bits per heavy atom. The monoisotopic (exact) mass is 354 g/mol. The predicted molar refractivity (Wildman–Crippen MR) is 90.4 cm³/mol. The molecule has 0 aliphatic carbocycles. The SMILES string of the molecule is CN(C)S(=O)(=O)c1ccc(N2CCN(CCN)CC2)c2nonc12. The van der Waals surface area contributed by atoms with Gasteiger partial charge in [-0.05, 0) is 22.4 Å². The summed E-state index contributed by atoms with van der Waals surface area (Å²) in [4.78, 5) is 4.58. The summed E-state index contributed by atoms with van der Waals surface area (Å²) in [7, 11) is -0.636. The zero-order valence-electron chi connectivity index (χ0n) is 13.8. The lowest BCUT2D eigenvalue weighted by Crippen LogP contribution is -2.47. The molecule has 0 radical (unpaired) electrons. The van der Waals surface area contributed by atoms with Gasteiger partial charge in [0.05, 0.1) is 5.69 Å². The maximum absolute atomic E-state index is 12.4. The summed E-state index contributed by atoms with van der Waals surface area (Å²) in [5, 5.41) is 7.76. The third kappa shape index (κ3) is 2.97. The van der Waals surface area contributed by atoms with Crippen molar-refractivity contribution in [3.8, 4) is 0 Å². The number of fused-ring (bicyclic) bond motifs is 1. The normalized spacial score (nSPS) is 17.1. The molecule has 0 unspecified atom stereocenters. The molecule has 1 aliphatic rings. The van der Waals surface area contributed by atoms with Gasteiger partial charge in [0, 0.05) is 53.4 Å². The van der Waals surface area contributed by atoms with Crippen LogP contribution in [0.5, 0.6) is 0 Å². The van der Waals surface area contributed by atoms with E-state index in [9.17, 15) is 8.42 Å². The van der Waals surface area contributed by atoms with Gasteiger partial charge in [0.25, 0.3) is 0 Å². The molecule has 0 saturated carbocycles. The first-order chi connectivity index (χ1) is 11.4. The van der Waals surface area contributed by atoms with Crippen molar-refractivity contribution in [3.63, 3.8) is 0 Å². The molecule has 0 amide bonds. The van der Waals surface area contributed by atoms with Gasteiger partial charge in [-0.2, -0.15) is 0 Å². The Balaban J connectivity index is 1.94. The highest BCUT2D eigenvalue weighted by atomic mass is 32.2. The van der Waals surface area contributed by atoms with Crippen molar-refractivity contribution < 1.29 is 13.0 Å². The zero-order valence-corrected chi connectivity index (χ0v) is 14.7. The number of sulfonamides is 1. The summed E-state index contributed by atoms with van der Waals surface area (Å²) >= 11 is 0. The molecule has 24 heavy (non-hydrogen) atoms. The number of benzene rings is 1. The second kappa shape index (κ2) is 6.63. The van der Waals surface area contributed by atoms with Gasteiger partial charge in [0.15, 0.2) is 11.0 Å². The number of hydrogen-bond acceptors (Lipinski definition) is 8. The Kier molecular flexibility index (Phi) is 4.72. The van der Waals surface area contributed by atoms with E-state index in [0.717, 1.165) is 42.7 Å². The second-order valence-electron chi connectivity index (χ2n) is 5.95. The molecule has 10 heteroatoms. The van der Waals surface area contributed by atoms with E-state index in [1.807, 2.05) is 0 Å². The minimum absolute atomic E-state index is 0.106. The van der Waals surface area contributed by atoms with Crippen LogP contribution in [0.1, 0.15) is 0 Å². The van der Waals surface area contributed by atoms with E-state index in [0.29, 0.717) is 12.1 Å². The standard InChI is InChI=1S/C14H22N6O3S/c1-18(2)24(21,22)12-4-3-11(13-14(12)17-23-16-13)20-9-7-19(6-5-15)8-10-20/h3-4H,5-10,15H2,1-2H3. The molecule has 132 valence electrons. The quantitative estimate of drug-likeness (QED) is 0.769. The molecule has 0 atom stereocenters. The van der Waals surface area contributed by atoms with E-state index in [2.05, 4.69) is 20.1 Å². The smallest absolute Gasteiger partial charge is 0.244 e. The molecular formula is C14H22N6O3S. The van der Waals surface area contributed by atoms with E-state index in [4.69, 9.17) is 10.4 Å². The summed E-state index contributed by atoms with van der Waals surface area (Å²) in [6, 6.07) is 3.35. The molecule has 1 aromatic heterocycles. The van der Waals surface area contributed by atoms with Crippen molar-refractivity contribution in [2.24, 2.45) is 5.73 Å². The van der Waals surface area contributed by atoms with E-state index in [1.165, 1.54) is 14.1 Å². The average molecular weight is 354 g/mol. The minimum Gasteiger partial charge on any atom is -0.367 e. The van der Waals surface area contributed by atoms with Crippen LogP contribution in [0, 0.1) is 0 Å². The van der Waals surface area contributed by atoms with Gasteiger partial charge < -0.3 is 10.6 Å². The molecule has 0 bridgehead atoms. The molecule has 9 nitrogen and oxygen atoms in total. The summed E-state index contributed by atoms with van der Waals surface area (Å²) in [5.41, 5.74) is 7.19. The fourth-order valence-electron chi connectivity index (χ4n) is 2.89. The van der Waals surface area contributed by atoms with Gasteiger partial charge in [-0.15, -0.1) is 0 Å². The van der Waals surface area contributed by atoms with Crippen molar-refractivity contribution in [1.29, 1.82) is 0 Å². The van der Waals surface area contributed by atoms with Crippen molar-refractivity contribution in [2.45, 2.75) is 4.90 Å². The maximum Gasteiger partial charge on any atom is 0.244 e. The second-order valence-corrected chi connectivity index (χ2v) is 8.07. The van der Waals surface area contributed by atoms with Crippen LogP contribution in [0.4, 0.5) is 5.69 Å². The molecule has 0 spiro atoms. The van der Waals surface area contributed by atoms with Crippen LogP contribution in [0.25, 0.3) is 11.0 Å². The Morgan fingerprint density at radius 3 is 2.46 bits per heavy atom. The topological polar surface area (TPSA) is 109 Å². The Morgan fingerprint density at radius 2 is 1.83 bits per heavy atom. The Labute approximate surface area is 141 Å². The highest BCUT2D eigenvalue weighted by Gasteiger charge is 2.27. The molecule has 3 rings (SSSR count). The van der Waals surface area contributed by atoms with Gasteiger partial charge in [-0.3, -0.25) is 4.90 Å². The highest BCUT2D eigenvalue weighted by molar-refractivity contribution is 7.89. The van der Waals surface area contributed by atoms with Crippen LogP contribution in [0.2, 0.25) is 0 Å². The molecule has 1 saturated heterocycles. The largest absolute Gasteiger partial charge is 0.367 e. The van der Waals surface area contributed by atoms with E-state index >= 15 is 0 Å². The number of nitrogens with two attached hydrogens (primary N) is 1. The molecule has 2 aromatic rings. The van der Waals surface area contributed by atoms with E-state index in [1.54, 1.807) is 12.1 Å². The Hall–Kier alpha value is -1.75. The first-order valence-electron chi connectivity index (χ1n) is 7.80. The zero-order chi connectivity index (χ0) is 17.3. The van der Waals surface area contributed by atoms with Crippen LogP contribution in [-0.4, -0.2) is 81.3 Å². The van der Waals surface area contributed by atoms with Gasteiger partial charge in [-0.25, -0.2) is 17.4 Å². The van der Waals surface area contributed by atoms with Gasteiger partial charge >= 0.3 is 0 Å². The third-order valence-corrected chi connectivity index (χ3v) is 6.12. The maximum atomic E-state index is 12.4. The highest BCUT2D eigenvalue weighted by Crippen LogP contribution is 2.31. The number of piperazine rings is 1. The molecule has 1 aliphatic heterocycles. The molecule has 2 N–H and O–H groups in total. The van der Waals surface area contributed by atoms with Crippen LogP contribution in [-0.2, 0) is 10.0 Å². The van der Waals surface area contributed by atoms with Crippen molar-refractivity contribution in [1.82, 2.24) is 19.5 Å². The lowest BCUT2D eigenvalue weighted by atomic mass is 10.2. The molecule has 2 heterocycles. The first kappa shape index (κ1) is 17.1. The number of anilines is 1. The summed E-state index contributed by atoms with van der Waals surface area (Å²) in [6.45, 7) is 4.98. The average Bonchev–Trinajstić information content (AvgIpc) is 3.04. The fraction of sp³-hybridized carbons (Fsp3) is 0.571. The number of nitrogens with zero attached hydrogens (tertiary/aromatic N) is 5. The first-order valence-corrected chi connectivity index (χ1v) is 9.24. The number of aromatic nitrogens is 2. The van der Waals surface area contributed by atoms with E-state index < -0.39 is 10.0 Å². The number of rotatable bonds is 5. The molecule has 1 aromatic carbocycles. The lowest BCUT2D eigenvalue weighted by molar-refractivity contribution is 0.265. The van der Waals surface area contributed by atoms with Crippen molar-refractivity contribution in [2.75, 3.05) is 58.3 Å². The van der Waals surface area contributed by atoms with Gasteiger partial charge in [0.2, 0.25) is 10.0 Å². The predicted octanol–water partition coefficient (Wildman–Crippen LogP) is -0.446. The van der Waals surface area contributed by atoms with E-state index in [-0.39, 0.29) is 10.4 Å². The van der Waals surface area contributed by atoms with Crippen LogP contribution in [0.15, 0.2) is 21.7 Å². The fourth-order valence-corrected chi connectivity index (χ4v) is 3.90. The summed E-state index contributed by atoms with van der Waals surface area (Å²) in [6.07, 6.45) is 0. The molecule has 1 fully saturated rings.